The fourth-order valence-electron chi connectivity index (χ4n) is 1.86. The van der Waals surface area contributed by atoms with Crippen LogP contribution in [0.3, 0.4) is 0 Å². The van der Waals surface area contributed by atoms with Gasteiger partial charge in [0.25, 0.3) is 0 Å². The number of ether oxygens (including phenoxy) is 2. The zero-order valence-electron chi connectivity index (χ0n) is 12.9. The summed E-state index contributed by atoms with van der Waals surface area (Å²) in [7, 11) is 0. The van der Waals surface area contributed by atoms with E-state index in [2.05, 4.69) is 28.7 Å². The highest BCUT2D eigenvalue weighted by molar-refractivity contribution is 5.75. The Bertz CT molecular complexity index is 380. The summed E-state index contributed by atoms with van der Waals surface area (Å²) in [6, 6.07) is -0.680. The van der Waals surface area contributed by atoms with E-state index in [1.165, 1.54) is 0 Å². The number of hydrogen-bond acceptors (Lipinski definition) is 6. The molecule has 1 aromatic rings. The highest BCUT2D eigenvalue weighted by Gasteiger charge is 2.16. The van der Waals surface area contributed by atoms with Gasteiger partial charge in [0.1, 0.15) is 12.6 Å². The molecule has 0 spiro atoms. The largest absolute Gasteiger partial charge is 0.462 e. The third-order valence-electron chi connectivity index (χ3n) is 3.22. The van der Waals surface area contributed by atoms with Gasteiger partial charge >= 0.3 is 5.97 Å². The molecule has 0 aliphatic rings. The van der Waals surface area contributed by atoms with E-state index in [-0.39, 0.29) is 6.61 Å². The summed E-state index contributed by atoms with van der Waals surface area (Å²) in [5, 5.41) is 0. The van der Waals surface area contributed by atoms with E-state index in [1.54, 1.807) is 12.5 Å². The first-order valence-electron chi connectivity index (χ1n) is 7.36. The molecular formula is C14H26N4O3. The van der Waals surface area contributed by atoms with Crippen molar-refractivity contribution in [3.8, 4) is 0 Å². The van der Waals surface area contributed by atoms with Gasteiger partial charge in [-0.05, 0) is 13.1 Å². The lowest BCUT2D eigenvalue weighted by molar-refractivity contribution is -0.146. The second-order valence-electron chi connectivity index (χ2n) is 4.69. The maximum absolute atomic E-state index is 11.7. The summed E-state index contributed by atoms with van der Waals surface area (Å²) in [5.41, 5.74) is 6.57. The van der Waals surface area contributed by atoms with Crippen LogP contribution in [0.4, 0.5) is 0 Å². The molecule has 0 aliphatic heterocycles. The Labute approximate surface area is 125 Å². The first-order valence-corrected chi connectivity index (χ1v) is 7.36. The van der Waals surface area contributed by atoms with Crippen LogP contribution in [-0.2, 0) is 20.7 Å². The highest BCUT2D eigenvalue weighted by atomic mass is 16.6. The fourth-order valence-corrected chi connectivity index (χ4v) is 1.86. The molecule has 1 rings (SSSR count). The number of aromatic amines is 1. The van der Waals surface area contributed by atoms with Crippen molar-refractivity contribution in [3.05, 3.63) is 18.2 Å². The number of hydrogen-bond donors (Lipinski definition) is 2. The zero-order valence-corrected chi connectivity index (χ0v) is 12.9. The number of likely N-dealkylation sites (N-methyl/N-ethyl adjacent to an activating group) is 1. The van der Waals surface area contributed by atoms with Crippen LogP contribution in [0.5, 0.6) is 0 Å². The molecule has 0 aromatic carbocycles. The highest BCUT2D eigenvalue weighted by Crippen LogP contribution is 1.98. The van der Waals surface area contributed by atoms with Crippen LogP contribution in [0.2, 0.25) is 0 Å². The molecule has 1 unspecified atom stereocenters. The number of esters is 1. The van der Waals surface area contributed by atoms with Gasteiger partial charge in [0.15, 0.2) is 0 Å². The molecule has 1 atom stereocenters. The molecule has 21 heavy (non-hydrogen) atoms. The SMILES string of the molecule is CCN(CC)CCOCCOC(=O)C(N)Cc1cnc[nH]1. The molecule has 1 aromatic heterocycles. The van der Waals surface area contributed by atoms with Crippen molar-refractivity contribution >= 4 is 5.97 Å². The Balaban J connectivity index is 2.05. The van der Waals surface area contributed by atoms with Gasteiger partial charge in [-0.15, -0.1) is 0 Å². The predicted molar refractivity (Wildman–Crippen MR) is 79.8 cm³/mol. The summed E-state index contributed by atoms with van der Waals surface area (Å²) in [5.74, 6) is -0.419. The van der Waals surface area contributed by atoms with Crippen molar-refractivity contribution in [1.82, 2.24) is 14.9 Å². The van der Waals surface area contributed by atoms with E-state index in [0.29, 0.717) is 19.6 Å². The summed E-state index contributed by atoms with van der Waals surface area (Å²) in [4.78, 5) is 20.7. The minimum Gasteiger partial charge on any atom is -0.462 e. The van der Waals surface area contributed by atoms with Crippen molar-refractivity contribution in [2.75, 3.05) is 39.5 Å². The molecular weight excluding hydrogens is 272 g/mol. The number of nitrogens with zero attached hydrogens (tertiary/aromatic N) is 2. The third-order valence-corrected chi connectivity index (χ3v) is 3.22. The Hall–Kier alpha value is -1.44. The number of nitrogens with one attached hydrogen (secondary N) is 1. The number of carbonyl (C=O) groups is 1. The minimum absolute atomic E-state index is 0.230. The van der Waals surface area contributed by atoms with Gasteiger partial charge in [-0.2, -0.15) is 0 Å². The molecule has 120 valence electrons. The Kier molecular flexibility index (Phi) is 8.65. The van der Waals surface area contributed by atoms with Crippen LogP contribution in [0.1, 0.15) is 19.5 Å². The quantitative estimate of drug-likeness (QED) is 0.447. The molecule has 0 saturated heterocycles. The van der Waals surface area contributed by atoms with Crippen LogP contribution < -0.4 is 5.73 Å². The van der Waals surface area contributed by atoms with Crippen molar-refractivity contribution < 1.29 is 14.3 Å². The van der Waals surface area contributed by atoms with Gasteiger partial charge in [-0.1, -0.05) is 13.8 Å². The summed E-state index contributed by atoms with van der Waals surface area (Å²) >= 11 is 0. The maximum atomic E-state index is 11.7. The number of imidazole rings is 1. The lowest BCUT2D eigenvalue weighted by Gasteiger charge is -2.17. The van der Waals surface area contributed by atoms with E-state index in [9.17, 15) is 4.79 Å². The molecule has 7 heteroatoms. The second-order valence-corrected chi connectivity index (χ2v) is 4.69. The molecule has 0 radical (unpaired) electrons. The lowest BCUT2D eigenvalue weighted by Crippen LogP contribution is -2.35. The molecule has 0 amide bonds. The number of nitrogens with two attached hydrogens (primary N) is 1. The summed E-state index contributed by atoms with van der Waals surface area (Å²) in [6.07, 6.45) is 3.59. The van der Waals surface area contributed by atoms with E-state index >= 15 is 0 Å². The number of aromatic nitrogens is 2. The molecule has 0 bridgehead atoms. The normalized spacial score (nSPS) is 12.6. The topological polar surface area (TPSA) is 93.5 Å². The average Bonchev–Trinajstić information content (AvgIpc) is 2.99. The molecule has 0 aliphatic carbocycles. The van der Waals surface area contributed by atoms with E-state index in [0.717, 1.165) is 25.3 Å². The predicted octanol–water partition coefficient (Wildman–Crippen LogP) is 0.181. The Morgan fingerprint density at radius 2 is 2.14 bits per heavy atom. The first kappa shape index (κ1) is 17.6. The van der Waals surface area contributed by atoms with Crippen molar-refractivity contribution in [3.63, 3.8) is 0 Å². The van der Waals surface area contributed by atoms with Crippen molar-refractivity contribution in [2.45, 2.75) is 26.3 Å². The average molecular weight is 298 g/mol. The Morgan fingerprint density at radius 1 is 1.38 bits per heavy atom. The van der Waals surface area contributed by atoms with Crippen molar-refractivity contribution in [2.24, 2.45) is 5.73 Å². The minimum atomic E-state index is -0.680. The Morgan fingerprint density at radius 3 is 2.76 bits per heavy atom. The van der Waals surface area contributed by atoms with E-state index in [4.69, 9.17) is 15.2 Å². The summed E-state index contributed by atoms with van der Waals surface area (Å²) in [6.45, 7) is 8.41. The lowest BCUT2D eigenvalue weighted by atomic mass is 10.2. The van der Waals surface area contributed by atoms with Gasteiger partial charge in [0, 0.05) is 24.9 Å². The molecule has 1 heterocycles. The van der Waals surface area contributed by atoms with Gasteiger partial charge in [0.05, 0.1) is 19.5 Å². The van der Waals surface area contributed by atoms with Gasteiger partial charge in [0.2, 0.25) is 0 Å². The van der Waals surface area contributed by atoms with Crippen LogP contribution in [0.15, 0.2) is 12.5 Å². The number of H-pyrrole nitrogens is 1. The van der Waals surface area contributed by atoms with Crippen LogP contribution in [-0.4, -0.2) is 66.3 Å². The zero-order chi connectivity index (χ0) is 15.5. The maximum Gasteiger partial charge on any atom is 0.323 e. The van der Waals surface area contributed by atoms with Gasteiger partial charge in [-0.25, -0.2) is 4.98 Å². The second kappa shape index (κ2) is 10.3. The molecule has 3 N–H and O–H groups in total. The third kappa shape index (κ3) is 7.22. The fraction of sp³-hybridized carbons (Fsp3) is 0.714. The van der Waals surface area contributed by atoms with Gasteiger partial charge in [-0.3, -0.25) is 4.79 Å². The smallest absolute Gasteiger partial charge is 0.323 e. The van der Waals surface area contributed by atoms with E-state index in [1.807, 2.05) is 0 Å². The molecule has 0 fully saturated rings. The molecule has 7 nitrogen and oxygen atoms in total. The first-order chi connectivity index (χ1) is 10.2. The number of carbonyl (C=O) groups excluding carboxylic acids is 1. The van der Waals surface area contributed by atoms with E-state index < -0.39 is 12.0 Å². The van der Waals surface area contributed by atoms with Crippen LogP contribution in [0.25, 0.3) is 0 Å². The van der Waals surface area contributed by atoms with Crippen molar-refractivity contribution in [1.29, 1.82) is 0 Å². The summed E-state index contributed by atoms with van der Waals surface area (Å²) < 4.78 is 10.5. The molecule has 0 saturated carbocycles. The van der Waals surface area contributed by atoms with Gasteiger partial charge < -0.3 is 25.1 Å². The standard InChI is InChI=1S/C14H26N4O3/c1-3-18(4-2)5-6-20-7-8-21-14(19)13(15)9-12-10-16-11-17-12/h10-11,13H,3-9,15H2,1-2H3,(H,16,17). The monoisotopic (exact) mass is 298 g/mol. The van der Waals surface area contributed by atoms with Crippen LogP contribution >= 0.6 is 0 Å². The number of rotatable bonds is 11. The van der Waals surface area contributed by atoms with Crippen LogP contribution in [0, 0.1) is 0 Å².